The fourth-order valence-corrected chi connectivity index (χ4v) is 2.94. The van der Waals surface area contributed by atoms with Gasteiger partial charge < -0.3 is 15.8 Å². The highest BCUT2D eigenvalue weighted by molar-refractivity contribution is 7.80. The summed E-state index contributed by atoms with van der Waals surface area (Å²) in [6.07, 6.45) is 4.45. The summed E-state index contributed by atoms with van der Waals surface area (Å²) in [5.74, 6) is 1.41. The molecule has 19 heavy (non-hydrogen) atoms. The van der Waals surface area contributed by atoms with E-state index in [9.17, 15) is 0 Å². The van der Waals surface area contributed by atoms with Crippen molar-refractivity contribution in [1.29, 1.82) is 0 Å². The number of thiocarbonyl (C=S) groups is 1. The maximum absolute atomic E-state index is 5.82. The Hall–Kier alpha value is -1.20. The van der Waals surface area contributed by atoms with Crippen LogP contribution in [-0.2, 0) is 17.6 Å². The van der Waals surface area contributed by atoms with Crippen molar-refractivity contribution in [3.8, 4) is 0 Å². The summed E-state index contributed by atoms with van der Waals surface area (Å²) in [6.45, 7) is 2.58. The fourth-order valence-electron chi connectivity index (χ4n) is 2.78. The number of pyridine rings is 1. The normalized spacial score (nSPS) is 21.4. The zero-order chi connectivity index (χ0) is 13.2. The molecule has 0 amide bonds. The van der Waals surface area contributed by atoms with Gasteiger partial charge in [-0.05, 0) is 37.3 Å². The van der Waals surface area contributed by atoms with Gasteiger partial charge in [-0.15, -0.1) is 0 Å². The van der Waals surface area contributed by atoms with E-state index >= 15 is 0 Å². The van der Waals surface area contributed by atoms with E-state index < -0.39 is 0 Å². The topological polar surface area (TPSA) is 60.2 Å². The van der Waals surface area contributed by atoms with Crippen LogP contribution in [0.3, 0.4) is 0 Å². The van der Waals surface area contributed by atoms with Gasteiger partial charge in [-0.1, -0.05) is 12.2 Å². The molecule has 2 aliphatic rings. The van der Waals surface area contributed by atoms with Gasteiger partial charge in [0, 0.05) is 24.8 Å². The van der Waals surface area contributed by atoms with Crippen molar-refractivity contribution in [1.82, 2.24) is 4.98 Å². The molecule has 1 atom stereocenters. The number of hydrogen-bond donors (Lipinski definition) is 2. The highest BCUT2D eigenvalue weighted by Crippen LogP contribution is 2.26. The second-order valence-electron chi connectivity index (χ2n) is 5.32. The second kappa shape index (κ2) is 5.43. The third kappa shape index (κ3) is 2.72. The minimum Gasteiger partial charge on any atom is -0.389 e. The predicted molar refractivity (Wildman–Crippen MR) is 79.6 cm³/mol. The molecule has 5 heteroatoms. The molecule has 1 aromatic rings. The first-order chi connectivity index (χ1) is 9.24. The molecule has 3 rings (SSSR count). The minimum atomic E-state index is 0.423. The van der Waals surface area contributed by atoms with Gasteiger partial charge >= 0.3 is 0 Å². The van der Waals surface area contributed by atoms with Crippen molar-refractivity contribution >= 4 is 23.0 Å². The van der Waals surface area contributed by atoms with Crippen molar-refractivity contribution in [3.63, 3.8) is 0 Å². The van der Waals surface area contributed by atoms with Gasteiger partial charge in [0.25, 0.3) is 0 Å². The number of nitrogens with two attached hydrogens (primary N) is 1. The Balaban J connectivity index is 1.80. The van der Waals surface area contributed by atoms with Crippen LogP contribution in [0, 0.1) is 5.92 Å². The molecule has 3 N–H and O–H groups in total. The molecule has 1 aliphatic carbocycles. The summed E-state index contributed by atoms with van der Waals surface area (Å²) < 4.78 is 5.39. The molecular formula is C14H19N3OS. The van der Waals surface area contributed by atoms with E-state index in [4.69, 9.17) is 27.7 Å². The zero-order valence-corrected chi connectivity index (χ0v) is 11.8. The van der Waals surface area contributed by atoms with Crippen LogP contribution in [-0.4, -0.2) is 29.7 Å². The van der Waals surface area contributed by atoms with Gasteiger partial charge in [-0.25, -0.2) is 4.98 Å². The van der Waals surface area contributed by atoms with Crippen LogP contribution in [0.4, 0.5) is 5.82 Å². The van der Waals surface area contributed by atoms with Crippen LogP contribution >= 0.6 is 12.2 Å². The molecule has 102 valence electrons. The first kappa shape index (κ1) is 12.8. The highest BCUT2D eigenvalue weighted by atomic mass is 32.1. The molecule has 1 aliphatic heterocycles. The van der Waals surface area contributed by atoms with E-state index in [1.165, 1.54) is 17.7 Å². The van der Waals surface area contributed by atoms with Crippen molar-refractivity contribution in [2.75, 3.05) is 25.1 Å². The van der Waals surface area contributed by atoms with Gasteiger partial charge in [0.15, 0.2) is 0 Å². The quantitative estimate of drug-likeness (QED) is 0.820. The highest BCUT2D eigenvalue weighted by Gasteiger charge is 2.20. The summed E-state index contributed by atoms with van der Waals surface area (Å²) in [4.78, 5) is 5.14. The summed E-state index contributed by atoms with van der Waals surface area (Å²) in [5, 5.41) is 3.41. The molecule has 2 heterocycles. The van der Waals surface area contributed by atoms with Crippen LogP contribution in [0.5, 0.6) is 0 Å². The molecule has 0 aromatic carbocycles. The summed E-state index contributed by atoms with van der Waals surface area (Å²) in [5.41, 5.74) is 9.21. The van der Waals surface area contributed by atoms with Crippen LogP contribution in [0.25, 0.3) is 0 Å². The lowest BCUT2D eigenvalue weighted by molar-refractivity contribution is 0.187. The molecule has 1 saturated heterocycles. The molecule has 4 nitrogen and oxygen atoms in total. The molecule has 1 fully saturated rings. The average molecular weight is 277 g/mol. The van der Waals surface area contributed by atoms with Gasteiger partial charge in [0.1, 0.15) is 10.8 Å². The number of rotatable bonds is 4. The van der Waals surface area contributed by atoms with Crippen LogP contribution in [0.1, 0.15) is 29.7 Å². The third-order valence-corrected chi connectivity index (χ3v) is 4.12. The lowest BCUT2D eigenvalue weighted by Crippen LogP contribution is -2.20. The number of hydrogen-bond acceptors (Lipinski definition) is 4. The predicted octanol–water partition coefficient (Wildman–Crippen LogP) is 1.65. The molecule has 0 radical (unpaired) electrons. The van der Waals surface area contributed by atoms with Crippen molar-refractivity contribution in [3.05, 3.63) is 22.9 Å². The largest absolute Gasteiger partial charge is 0.389 e. The second-order valence-corrected chi connectivity index (χ2v) is 5.76. The van der Waals surface area contributed by atoms with E-state index in [-0.39, 0.29) is 0 Å². The van der Waals surface area contributed by atoms with E-state index in [0.29, 0.717) is 10.9 Å². The average Bonchev–Trinajstić information content (AvgIpc) is 3.05. The first-order valence-corrected chi connectivity index (χ1v) is 7.29. The van der Waals surface area contributed by atoms with E-state index in [1.54, 1.807) is 0 Å². The molecule has 0 bridgehead atoms. The van der Waals surface area contributed by atoms with Crippen LogP contribution < -0.4 is 11.1 Å². The maximum Gasteiger partial charge on any atom is 0.136 e. The first-order valence-electron chi connectivity index (χ1n) is 6.88. The van der Waals surface area contributed by atoms with Gasteiger partial charge in [0.05, 0.1) is 12.2 Å². The fraction of sp³-hybridized carbons (Fsp3) is 0.571. The van der Waals surface area contributed by atoms with Gasteiger partial charge in [-0.2, -0.15) is 0 Å². The standard InChI is InChI=1S/C14H19N3OS/c15-13(19)11-6-10-2-1-3-12(10)17-14(11)16-7-9-4-5-18-8-9/h6,9H,1-5,7-8H2,(H2,15,19)(H,16,17). The number of nitrogens with zero attached hydrogens (tertiary/aromatic N) is 1. The Labute approximate surface area is 118 Å². The van der Waals surface area contributed by atoms with E-state index in [0.717, 1.165) is 50.4 Å². The Morgan fingerprint density at radius 3 is 3.16 bits per heavy atom. The van der Waals surface area contributed by atoms with Crippen LogP contribution in [0.2, 0.25) is 0 Å². The Morgan fingerprint density at radius 1 is 1.53 bits per heavy atom. The summed E-state index contributed by atoms with van der Waals surface area (Å²) >= 11 is 5.14. The Bertz CT molecular complexity index is 498. The van der Waals surface area contributed by atoms with E-state index in [1.807, 2.05) is 0 Å². The van der Waals surface area contributed by atoms with Crippen molar-refractivity contribution in [2.45, 2.75) is 25.7 Å². The Kier molecular flexibility index (Phi) is 3.66. The third-order valence-electron chi connectivity index (χ3n) is 3.90. The molecular weight excluding hydrogens is 258 g/mol. The van der Waals surface area contributed by atoms with E-state index in [2.05, 4.69) is 11.4 Å². The number of aryl methyl sites for hydroxylation is 2. The van der Waals surface area contributed by atoms with Crippen molar-refractivity contribution < 1.29 is 4.74 Å². The van der Waals surface area contributed by atoms with Gasteiger partial charge in [-0.3, -0.25) is 0 Å². The smallest absolute Gasteiger partial charge is 0.136 e. The zero-order valence-electron chi connectivity index (χ0n) is 10.9. The number of nitrogens with one attached hydrogen (secondary N) is 1. The monoisotopic (exact) mass is 277 g/mol. The molecule has 0 saturated carbocycles. The minimum absolute atomic E-state index is 0.423. The molecule has 1 aromatic heterocycles. The number of fused-ring (bicyclic) bond motifs is 1. The molecule has 1 unspecified atom stereocenters. The summed E-state index contributed by atoms with van der Waals surface area (Å²) in [7, 11) is 0. The maximum atomic E-state index is 5.82. The lowest BCUT2D eigenvalue weighted by Gasteiger charge is -2.15. The van der Waals surface area contributed by atoms with Crippen molar-refractivity contribution in [2.24, 2.45) is 11.7 Å². The van der Waals surface area contributed by atoms with Crippen LogP contribution in [0.15, 0.2) is 6.07 Å². The Morgan fingerprint density at radius 2 is 2.42 bits per heavy atom. The lowest BCUT2D eigenvalue weighted by atomic mass is 10.1. The number of ether oxygens (including phenoxy) is 1. The molecule has 0 spiro atoms. The number of anilines is 1. The number of aromatic nitrogens is 1. The summed E-state index contributed by atoms with van der Waals surface area (Å²) in [6, 6.07) is 2.12. The SMILES string of the molecule is NC(=S)c1cc2c(nc1NCC1CCOC1)CCC2. The van der Waals surface area contributed by atoms with Gasteiger partial charge in [0.2, 0.25) is 0 Å².